The van der Waals surface area contributed by atoms with Crippen molar-refractivity contribution in [3.63, 3.8) is 0 Å². The summed E-state index contributed by atoms with van der Waals surface area (Å²) in [5.74, 6) is 0.349. The number of aromatic amines is 2. The molecule has 0 spiro atoms. The zero-order chi connectivity index (χ0) is 27.7. The number of hydrogen-bond acceptors (Lipinski definition) is 5. The van der Waals surface area contributed by atoms with E-state index in [-0.39, 0.29) is 35.5 Å². The molecule has 2 unspecified atom stereocenters. The maximum absolute atomic E-state index is 13.8. The Bertz CT molecular complexity index is 1870. The van der Waals surface area contributed by atoms with Gasteiger partial charge in [0.1, 0.15) is 17.1 Å². The lowest BCUT2D eigenvalue weighted by Gasteiger charge is -2.30. The highest BCUT2D eigenvalue weighted by Gasteiger charge is 2.48. The van der Waals surface area contributed by atoms with Crippen LogP contribution in [0.15, 0.2) is 60.0 Å². The number of H-pyrrole nitrogens is 2. The minimum absolute atomic E-state index is 0.0471. The highest BCUT2D eigenvalue weighted by molar-refractivity contribution is 7.11. The number of anilines is 2. The lowest BCUT2D eigenvalue weighted by atomic mass is 9.80. The van der Waals surface area contributed by atoms with Crippen LogP contribution in [0.3, 0.4) is 0 Å². The van der Waals surface area contributed by atoms with Gasteiger partial charge >= 0.3 is 0 Å². The predicted molar refractivity (Wildman–Crippen MR) is 160 cm³/mol. The first-order valence-electron chi connectivity index (χ1n) is 13.0. The van der Waals surface area contributed by atoms with Gasteiger partial charge in [-0.25, -0.2) is 0 Å². The number of halogens is 1. The number of nitrogens with two attached hydrogens (primary N) is 1. The number of benzene rings is 2. The molecule has 5 aromatic rings. The Morgan fingerprint density at radius 1 is 1.10 bits per heavy atom. The van der Waals surface area contributed by atoms with E-state index in [0.29, 0.717) is 35.2 Å². The average molecular weight is 572 g/mol. The van der Waals surface area contributed by atoms with Crippen molar-refractivity contribution >= 4 is 73.7 Å². The van der Waals surface area contributed by atoms with E-state index in [1.165, 1.54) is 11.3 Å². The van der Waals surface area contributed by atoms with Crippen LogP contribution in [0.4, 0.5) is 11.4 Å². The number of thiophene rings is 1. The molecule has 3 atom stereocenters. The second kappa shape index (κ2) is 9.18. The predicted octanol–water partition coefficient (Wildman–Crippen LogP) is 6.23. The smallest absolute Gasteiger partial charge is 0.272 e. The van der Waals surface area contributed by atoms with E-state index in [2.05, 4.69) is 20.7 Å². The Morgan fingerprint density at radius 2 is 1.82 bits per heavy atom. The first-order chi connectivity index (χ1) is 19.3. The summed E-state index contributed by atoms with van der Waals surface area (Å²) in [7, 11) is 0. The molecule has 202 valence electrons. The van der Waals surface area contributed by atoms with Gasteiger partial charge in [-0.1, -0.05) is 0 Å². The first kappa shape index (κ1) is 24.8. The van der Waals surface area contributed by atoms with Crippen LogP contribution in [-0.4, -0.2) is 50.3 Å². The summed E-state index contributed by atoms with van der Waals surface area (Å²) in [6, 6.07) is 14.2. The quantitative estimate of drug-likeness (QED) is 0.129. The number of rotatable bonds is 4. The number of nitrogen functional groups attached to an aromatic ring is 1. The molecule has 40 heavy (non-hydrogen) atoms. The summed E-state index contributed by atoms with van der Waals surface area (Å²) in [5.41, 5.74) is 11.8. The number of carbonyl (C=O) groups excluding carboxylic acids is 2. The summed E-state index contributed by atoms with van der Waals surface area (Å²) in [6.07, 6.45) is 1.79. The van der Waals surface area contributed by atoms with Crippen LogP contribution in [0, 0.1) is 12.8 Å². The third kappa shape index (κ3) is 3.88. The first-order valence-corrected chi connectivity index (χ1v) is 14.4. The highest BCUT2D eigenvalue weighted by atomic mass is 35.5. The minimum Gasteiger partial charge on any atom is -0.507 e. The van der Waals surface area contributed by atoms with Crippen LogP contribution >= 0.6 is 22.9 Å². The maximum Gasteiger partial charge on any atom is 0.272 e. The third-order valence-electron chi connectivity index (χ3n) is 8.04. The molecule has 0 bridgehead atoms. The van der Waals surface area contributed by atoms with Gasteiger partial charge in [0.15, 0.2) is 0 Å². The zero-order valence-corrected chi connectivity index (χ0v) is 23.1. The fourth-order valence-corrected chi connectivity index (χ4v) is 7.50. The topological polar surface area (TPSA) is 127 Å². The number of aromatic nitrogens is 2. The fourth-order valence-electron chi connectivity index (χ4n) is 6.18. The number of alkyl halides is 1. The van der Waals surface area contributed by atoms with E-state index in [0.717, 1.165) is 37.8 Å². The van der Waals surface area contributed by atoms with E-state index >= 15 is 0 Å². The van der Waals surface area contributed by atoms with Crippen molar-refractivity contribution in [1.29, 1.82) is 0 Å². The van der Waals surface area contributed by atoms with Crippen molar-refractivity contribution in [2.45, 2.75) is 18.9 Å². The number of aliphatic hydroxyl groups excluding tert-OH is 1. The van der Waals surface area contributed by atoms with Gasteiger partial charge in [0.05, 0.1) is 10.9 Å². The number of nitrogens with one attached hydrogen (secondary N) is 3. The molecule has 8 nitrogen and oxygen atoms in total. The normalized spacial score (nSPS) is 20.0. The minimum atomic E-state index is -0.275. The standard InChI is InChI=1S/C30H26ClN5O3S/c1-14-13-40-28-25(37)10-24-27(26(14)28)17(11-31)12-36(24)30(39)23-9-16-7-19(3-5-21(16)35-23)33-29(38)22-8-15-6-18(32)2-4-20(15)34-22/h2-10,13,17,24,27,34-35,37H,11-12,32H2,1H3,(H,33,38)/t17-,24?,27?/m1/s1. The van der Waals surface area contributed by atoms with E-state index in [1.807, 2.05) is 36.1 Å². The van der Waals surface area contributed by atoms with Crippen molar-refractivity contribution in [3.8, 4) is 0 Å². The number of aliphatic hydroxyl groups is 1. The molecule has 4 heterocycles. The van der Waals surface area contributed by atoms with Gasteiger partial charge in [-0.3, -0.25) is 9.59 Å². The molecule has 1 saturated heterocycles. The van der Waals surface area contributed by atoms with Gasteiger partial charge in [-0.05, 0) is 84.0 Å². The molecule has 0 radical (unpaired) electrons. The van der Waals surface area contributed by atoms with Crippen LogP contribution in [0.1, 0.15) is 42.9 Å². The summed E-state index contributed by atoms with van der Waals surface area (Å²) < 4.78 is 0. The molecular formula is C30H26ClN5O3S. The molecule has 10 heteroatoms. The SMILES string of the molecule is Cc1csc2c1C1C(C=C2O)N(C(=O)c2cc3cc(NC(=O)c4cc5cc(N)ccc5[nH]4)ccc3[nH]2)C[C@H]1CCl. The highest BCUT2D eigenvalue weighted by Crippen LogP contribution is 2.49. The van der Waals surface area contributed by atoms with E-state index in [9.17, 15) is 14.7 Å². The summed E-state index contributed by atoms with van der Waals surface area (Å²) in [4.78, 5) is 35.8. The second-order valence-corrected chi connectivity index (χ2v) is 11.8. The summed E-state index contributed by atoms with van der Waals surface area (Å²) >= 11 is 7.92. The van der Waals surface area contributed by atoms with Gasteiger partial charge in [-0.15, -0.1) is 22.9 Å². The Kier molecular flexibility index (Phi) is 5.69. The van der Waals surface area contributed by atoms with Gasteiger partial charge in [0.25, 0.3) is 11.8 Å². The number of amides is 2. The van der Waals surface area contributed by atoms with Gasteiger partial charge in [0.2, 0.25) is 0 Å². The Hall–Kier alpha value is -4.21. The van der Waals surface area contributed by atoms with Crippen LogP contribution in [0.5, 0.6) is 0 Å². The molecule has 3 aromatic heterocycles. The molecule has 0 saturated carbocycles. The average Bonchev–Trinajstić information content (AvgIpc) is 3.71. The summed E-state index contributed by atoms with van der Waals surface area (Å²) in [5, 5.41) is 17.4. The Morgan fingerprint density at radius 3 is 2.62 bits per heavy atom. The van der Waals surface area contributed by atoms with E-state index in [1.54, 1.807) is 30.3 Å². The van der Waals surface area contributed by atoms with Crippen molar-refractivity contribution in [1.82, 2.24) is 14.9 Å². The molecule has 1 aliphatic heterocycles. The fraction of sp³-hybridized carbons (Fsp3) is 0.200. The van der Waals surface area contributed by atoms with Crippen LogP contribution < -0.4 is 11.1 Å². The largest absolute Gasteiger partial charge is 0.507 e. The lowest BCUT2D eigenvalue weighted by Crippen LogP contribution is -2.37. The number of carbonyl (C=O) groups is 2. The molecule has 7 rings (SSSR count). The van der Waals surface area contributed by atoms with Gasteiger partial charge < -0.3 is 31.0 Å². The molecule has 1 aliphatic carbocycles. The van der Waals surface area contributed by atoms with Crippen molar-refractivity contribution in [2.24, 2.45) is 5.92 Å². The number of hydrogen-bond donors (Lipinski definition) is 5. The third-order valence-corrected chi connectivity index (χ3v) is 9.57. The monoisotopic (exact) mass is 571 g/mol. The molecule has 2 amide bonds. The molecule has 2 aliphatic rings. The van der Waals surface area contributed by atoms with Gasteiger partial charge in [0, 0.05) is 51.5 Å². The second-order valence-electron chi connectivity index (χ2n) is 10.6. The van der Waals surface area contributed by atoms with Crippen molar-refractivity contribution in [3.05, 3.63) is 87.4 Å². The summed E-state index contributed by atoms with van der Waals surface area (Å²) in [6.45, 7) is 2.55. The number of aryl methyl sites for hydroxylation is 1. The molecule has 6 N–H and O–H groups in total. The number of nitrogens with zero attached hydrogens (tertiary/aromatic N) is 1. The van der Waals surface area contributed by atoms with Crippen LogP contribution in [0.2, 0.25) is 0 Å². The lowest BCUT2D eigenvalue weighted by molar-refractivity contribution is 0.0748. The van der Waals surface area contributed by atoms with Crippen LogP contribution in [0.25, 0.3) is 27.6 Å². The zero-order valence-electron chi connectivity index (χ0n) is 21.5. The molecule has 2 aromatic carbocycles. The van der Waals surface area contributed by atoms with E-state index in [4.69, 9.17) is 17.3 Å². The van der Waals surface area contributed by atoms with Crippen molar-refractivity contribution in [2.75, 3.05) is 23.5 Å². The molecular weight excluding hydrogens is 546 g/mol. The number of fused-ring (bicyclic) bond motifs is 5. The van der Waals surface area contributed by atoms with Gasteiger partial charge in [-0.2, -0.15) is 0 Å². The van der Waals surface area contributed by atoms with Crippen molar-refractivity contribution < 1.29 is 14.7 Å². The van der Waals surface area contributed by atoms with Crippen LogP contribution in [-0.2, 0) is 0 Å². The maximum atomic E-state index is 13.8. The molecule has 1 fully saturated rings. The Balaban J connectivity index is 1.15. The Labute approximate surface area is 238 Å². The number of likely N-dealkylation sites (tertiary alicyclic amines) is 1. The van der Waals surface area contributed by atoms with E-state index < -0.39 is 0 Å².